The van der Waals surface area contributed by atoms with Crippen molar-refractivity contribution in [3.63, 3.8) is 0 Å². The van der Waals surface area contributed by atoms with Crippen molar-refractivity contribution in [1.29, 1.82) is 0 Å². The Morgan fingerprint density at radius 2 is 2.07 bits per heavy atom. The van der Waals surface area contributed by atoms with E-state index in [0.29, 0.717) is 5.92 Å². The van der Waals surface area contributed by atoms with Gasteiger partial charge in [0.15, 0.2) is 6.29 Å². The average Bonchev–Trinajstić information content (AvgIpc) is 2.18. The molecule has 0 aromatic heterocycles. The van der Waals surface area contributed by atoms with Gasteiger partial charge in [-0.05, 0) is 23.8 Å². The van der Waals surface area contributed by atoms with Crippen molar-refractivity contribution in [2.75, 3.05) is 0 Å². The number of hydrogen-bond donors (Lipinski definition) is 1. The highest BCUT2D eigenvalue weighted by molar-refractivity contribution is 4.88. The van der Waals surface area contributed by atoms with Gasteiger partial charge in [0.05, 0.1) is 12.1 Å². The van der Waals surface area contributed by atoms with E-state index in [4.69, 9.17) is 10.3 Å². The summed E-state index contributed by atoms with van der Waals surface area (Å²) < 4.78 is 5.37. The highest BCUT2D eigenvalue weighted by Crippen LogP contribution is 2.33. The van der Waals surface area contributed by atoms with Gasteiger partial charge in [0, 0.05) is 4.91 Å². The van der Waals surface area contributed by atoms with E-state index in [9.17, 15) is 5.11 Å². The van der Waals surface area contributed by atoms with Crippen LogP contribution in [0, 0.1) is 11.8 Å². The minimum absolute atomic E-state index is 0.0603. The summed E-state index contributed by atoms with van der Waals surface area (Å²) in [4.78, 5) is 2.73. The number of azide groups is 1. The Labute approximate surface area is 83.7 Å². The number of aliphatic hydroxyl groups is 1. The van der Waals surface area contributed by atoms with E-state index in [1.807, 2.05) is 13.8 Å². The average molecular weight is 199 g/mol. The molecule has 0 radical (unpaired) electrons. The largest absolute Gasteiger partial charge is 0.368 e. The zero-order chi connectivity index (χ0) is 10.7. The van der Waals surface area contributed by atoms with Crippen LogP contribution in [0.5, 0.6) is 0 Å². The van der Waals surface area contributed by atoms with Gasteiger partial charge < -0.3 is 9.84 Å². The van der Waals surface area contributed by atoms with E-state index in [1.165, 1.54) is 0 Å². The van der Waals surface area contributed by atoms with E-state index in [-0.39, 0.29) is 12.0 Å². The number of rotatable bonds is 2. The quantitative estimate of drug-likeness (QED) is 0.419. The first-order valence-electron chi connectivity index (χ1n) is 4.99. The zero-order valence-electron chi connectivity index (χ0n) is 8.79. The second-order valence-corrected chi connectivity index (χ2v) is 3.89. The van der Waals surface area contributed by atoms with Crippen molar-refractivity contribution < 1.29 is 9.84 Å². The molecule has 0 aromatic rings. The van der Waals surface area contributed by atoms with Crippen LogP contribution in [0.4, 0.5) is 0 Å². The smallest absolute Gasteiger partial charge is 0.163 e. The van der Waals surface area contributed by atoms with Gasteiger partial charge in [0.1, 0.15) is 0 Å². The fourth-order valence-corrected chi connectivity index (χ4v) is 1.98. The zero-order valence-corrected chi connectivity index (χ0v) is 8.79. The van der Waals surface area contributed by atoms with Gasteiger partial charge in [0.25, 0.3) is 0 Å². The molecule has 14 heavy (non-hydrogen) atoms. The molecule has 1 fully saturated rings. The first-order chi connectivity index (χ1) is 6.61. The predicted octanol–water partition coefficient (Wildman–Crippen LogP) is 2.06. The molecule has 0 amide bonds. The predicted molar refractivity (Wildman–Crippen MR) is 52.4 cm³/mol. The third-order valence-electron chi connectivity index (χ3n) is 3.15. The maximum Gasteiger partial charge on any atom is 0.163 e. The number of nitrogens with zero attached hydrogens (tertiary/aromatic N) is 3. The second-order valence-electron chi connectivity index (χ2n) is 3.89. The van der Waals surface area contributed by atoms with Crippen LogP contribution in [0.25, 0.3) is 10.4 Å². The molecule has 5 atom stereocenters. The standard InChI is InChI=1S/C9H17N3O2/c1-4-7-5(2)6(3)8(11-12-10)9(13)14-7/h5-9,13H,4H2,1-3H3. The van der Waals surface area contributed by atoms with Crippen LogP contribution < -0.4 is 0 Å². The molecule has 0 saturated carbocycles. The summed E-state index contributed by atoms with van der Waals surface area (Å²) in [5, 5.41) is 13.2. The minimum atomic E-state index is -0.956. The monoisotopic (exact) mass is 199 g/mol. The van der Waals surface area contributed by atoms with Gasteiger partial charge in [-0.2, -0.15) is 0 Å². The number of aliphatic hydroxyl groups excluding tert-OH is 1. The molecule has 0 bridgehead atoms. The van der Waals surface area contributed by atoms with Crippen LogP contribution in [0.3, 0.4) is 0 Å². The maximum absolute atomic E-state index is 9.60. The van der Waals surface area contributed by atoms with Crippen molar-refractivity contribution in [3.8, 4) is 0 Å². The Morgan fingerprint density at radius 1 is 1.43 bits per heavy atom. The fourth-order valence-electron chi connectivity index (χ4n) is 1.98. The molecule has 1 saturated heterocycles. The molecule has 0 aromatic carbocycles. The van der Waals surface area contributed by atoms with Crippen LogP contribution in [0.1, 0.15) is 27.2 Å². The highest BCUT2D eigenvalue weighted by Gasteiger charge is 2.39. The molecule has 0 spiro atoms. The van der Waals surface area contributed by atoms with Crippen molar-refractivity contribution in [3.05, 3.63) is 10.4 Å². The summed E-state index contributed by atoms with van der Waals surface area (Å²) in [5.74, 6) is 0.457. The van der Waals surface area contributed by atoms with Crippen molar-refractivity contribution >= 4 is 0 Å². The van der Waals surface area contributed by atoms with E-state index in [0.717, 1.165) is 6.42 Å². The summed E-state index contributed by atoms with van der Waals surface area (Å²) >= 11 is 0. The molecule has 1 N–H and O–H groups in total. The Hall–Kier alpha value is -0.770. The topological polar surface area (TPSA) is 78.2 Å². The lowest BCUT2D eigenvalue weighted by Gasteiger charge is -2.40. The van der Waals surface area contributed by atoms with Gasteiger partial charge in [-0.15, -0.1) is 0 Å². The third kappa shape index (κ3) is 2.00. The molecule has 1 aliphatic rings. The van der Waals surface area contributed by atoms with Gasteiger partial charge in [-0.25, -0.2) is 0 Å². The maximum atomic E-state index is 9.60. The normalized spacial score (nSPS) is 43.0. The summed E-state index contributed by atoms with van der Waals surface area (Å²) in [6.45, 7) is 6.07. The highest BCUT2D eigenvalue weighted by atomic mass is 16.6. The summed E-state index contributed by atoms with van der Waals surface area (Å²) in [6, 6.07) is -0.460. The fraction of sp³-hybridized carbons (Fsp3) is 1.00. The lowest BCUT2D eigenvalue weighted by molar-refractivity contribution is -0.205. The van der Waals surface area contributed by atoms with E-state index in [1.54, 1.807) is 0 Å². The van der Waals surface area contributed by atoms with E-state index < -0.39 is 12.3 Å². The minimum Gasteiger partial charge on any atom is -0.368 e. The molecule has 1 rings (SSSR count). The van der Waals surface area contributed by atoms with Crippen molar-refractivity contribution in [1.82, 2.24) is 0 Å². The molecule has 5 nitrogen and oxygen atoms in total. The van der Waals surface area contributed by atoms with E-state index >= 15 is 0 Å². The van der Waals surface area contributed by atoms with Gasteiger partial charge in [-0.1, -0.05) is 25.9 Å². The summed E-state index contributed by atoms with van der Waals surface area (Å²) in [6.07, 6.45) is -0.0295. The van der Waals surface area contributed by atoms with Crippen LogP contribution in [-0.4, -0.2) is 23.5 Å². The first kappa shape index (κ1) is 11.3. The third-order valence-corrected chi connectivity index (χ3v) is 3.15. The molecular formula is C9H17N3O2. The van der Waals surface area contributed by atoms with Crippen LogP contribution in [0.2, 0.25) is 0 Å². The lowest BCUT2D eigenvalue weighted by Crippen LogP contribution is -2.47. The molecule has 5 unspecified atom stereocenters. The van der Waals surface area contributed by atoms with Crippen molar-refractivity contribution in [2.45, 2.75) is 45.6 Å². The van der Waals surface area contributed by atoms with Crippen LogP contribution in [0.15, 0.2) is 5.11 Å². The molecule has 0 aliphatic carbocycles. The Kier molecular flexibility index (Phi) is 3.75. The number of hydrogen-bond acceptors (Lipinski definition) is 3. The second kappa shape index (κ2) is 4.64. The van der Waals surface area contributed by atoms with Gasteiger partial charge in [-0.3, -0.25) is 0 Å². The van der Waals surface area contributed by atoms with Gasteiger partial charge in [0.2, 0.25) is 0 Å². The lowest BCUT2D eigenvalue weighted by atomic mass is 9.81. The molecule has 80 valence electrons. The van der Waals surface area contributed by atoms with Crippen molar-refractivity contribution in [2.24, 2.45) is 17.0 Å². The van der Waals surface area contributed by atoms with Crippen LogP contribution >= 0.6 is 0 Å². The summed E-state index contributed by atoms with van der Waals surface area (Å²) in [5.41, 5.74) is 8.36. The Morgan fingerprint density at radius 3 is 2.57 bits per heavy atom. The molecular weight excluding hydrogens is 182 g/mol. The SMILES string of the molecule is CCC1OC(O)C(N=[N+]=[N-])C(C)C1C. The molecule has 5 heteroatoms. The Bertz CT molecular complexity index is 240. The van der Waals surface area contributed by atoms with Gasteiger partial charge >= 0.3 is 0 Å². The Balaban J connectivity index is 2.78. The molecule has 1 aliphatic heterocycles. The van der Waals surface area contributed by atoms with Crippen LogP contribution in [-0.2, 0) is 4.74 Å². The first-order valence-corrected chi connectivity index (χ1v) is 4.99. The summed E-state index contributed by atoms with van der Waals surface area (Å²) in [7, 11) is 0. The molecule has 1 heterocycles. The van der Waals surface area contributed by atoms with E-state index in [2.05, 4.69) is 16.9 Å². The number of ether oxygens (including phenoxy) is 1.